The molecule has 0 saturated carbocycles. The summed E-state index contributed by atoms with van der Waals surface area (Å²) in [4.78, 5) is 38.3. The van der Waals surface area contributed by atoms with Gasteiger partial charge >= 0.3 is 21.2 Å². The van der Waals surface area contributed by atoms with Gasteiger partial charge in [-0.15, -0.1) is 11.3 Å². The highest BCUT2D eigenvalue weighted by molar-refractivity contribution is 8.07. The Hall–Kier alpha value is -3.48. The first kappa shape index (κ1) is 30.1. The monoisotopic (exact) mass is 575 g/mol. The van der Waals surface area contributed by atoms with Crippen molar-refractivity contribution in [2.75, 3.05) is 11.8 Å². The molecule has 12 heteroatoms. The van der Waals surface area contributed by atoms with Gasteiger partial charge < -0.3 is 14.8 Å². The molecule has 2 heterocycles. The standard InChI is InChI=1S/C27H33N3O7S2/c1-16(2)13-20-14-21(24(38-20)30-39(35,36)26(34)28-5)19-10-8-18(9-11-19)15-29-27(17(3)4,25(32)33)23(31)22-7-6-12-37-22/h6-12,14,16-17,29-30H,13,15H2,1-5H3,(H,28,34)(H,32,33). The second-order valence-corrected chi connectivity index (χ2v) is 12.5. The highest BCUT2D eigenvalue weighted by Gasteiger charge is 2.50. The van der Waals surface area contributed by atoms with Gasteiger partial charge in [0.2, 0.25) is 5.78 Å². The Labute approximate surface area is 231 Å². The van der Waals surface area contributed by atoms with Gasteiger partial charge in [-0.2, -0.15) is 8.42 Å². The average molecular weight is 576 g/mol. The van der Waals surface area contributed by atoms with Crippen LogP contribution in [-0.2, 0) is 27.8 Å². The first-order chi connectivity index (χ1) is 18.3. The number of hydrogen-bond donors (Lipinski definition) is 4. The number of furan rings is 1. The van der Waals surface area contributed by atoms with Gasteiger partial charge in [0.15, 0.2) is 11.3 Å². The van der Waals surface area contributed by atoms with Gasteiger partial charge in [0, 0.05) is 24.0 Å². The number of hydrogen-bond acceptors (Lipinski definition) is 8. The lowest BCUT2D eigenvalue weighted by atomic mass is 9.81. The maximum atomic E-state index is 13.2. The average Bonchev–Trinajstić information content (AvgIpc) is 3.53. The van der Waals surface area contributed by atoms with Crippen LogP contribution < -0.4 is 15.4 Å². The van der Waals surface area contributed by atoms with Gasteiger partial charge in [-0.25, -0.2) is 4.79 Å². The van der Waals surface area contributed by atoms with Gasteiger partial charge in [-0.1, -0.05) is 52.0 Å². The van der Waals surface area contributed by atoms with Gasteiger partial charge in [0.1, 0.15) is 5.00 Å². The van der Waals surface area contributed by atoms with E-state index < -0.39 is 38.5 Å². The van der Waals surface area contributed by atoms with Crippen LogP contribution in [0.4, 0.5) is 9.80 Å². The zero-order chi connectivity index (χ0) is 29.0. The summed E-state index contributed by atoms with van der Waals surface area (Å²) in [5.74, 6) is -2.27. The summed E-state index contributed by atoms with van der Waals surface area (Å²) >= 11 is 1.27. The number of Topliss-reactive ketones (excluding diaryl/α,β-unsaturated/α-hetero) is 1. The molecule has 1 amide bonds. The summed E-state index contributed by atoms with van der Waals surface area (Å²) in [7, 11) is -3.04. The van der Waals surface area contributed by atoms with Crippen LogP contribution in [0.1, 0.15) is 48.7 Å². The number of aliphatic carboxylic acids is 1. The first-order valence-corrected chi connectivity index (χ1v) is 14.6. The van der Waals surface area contributed by atoms with Crippen molar-refractivity contribution in [2.24, 2.45) is 11.8 Å². The van der Waals surface area contributed by atoms with Crippen LogP contribution in [0.25, 0.3) is 11.1 Å². The molecule has 1 unspecified atom stereocenters. The molecular weight excluding hydrogens is 542 g/mol. The number of nitrogens with one attached hydrogen (secondary N) is 3. The highest BCUT2D eigenvalue weighted by Crippen LogP contribution is 2.38. The minimum atomic E-state index is -4.28. The number of carbonyl (C=O) groups excluding carboxylic acids is 2. The summed E-state index contributed by atoms with van der Waals surface area (Å²) in [6.07, 6.45) is 2.05. The van der Waals surface area contributed by atoms with Crippen molar-refractivity contribution >= 4 is 43.4 Å². The third-order valence-corrected chi connectivity index (χ3v) is 8.58. The number of anilines is 1. The Bertz CT molecular complexity index is 1430. The fourth-order valence-corrected chi connectivity index (χ4v) is 6.50. The third-order valence-electron chi connectivity index (χ3n) is 6.21. The second kappa shape index (κ2) is 12.1. The van der Waals surface area contributed by atoms with Crippen LogP contribution in [0.3, 0.4) is 0 Å². The summed E-state index contributed by atoms with van der Waals surface area (Å²) in [6.45, 7) is 7.49. The number of carboxylic acid groups (broad SMARTS) is 1. The normalized spacial score (nSPS) is 13.3. The number of benzene rings is 1. The van der Waals surface area contributed by atoms with Crippen LogP contribution in [0, 0.1) is 11.8 Å². The van der Waals surface area contributed by atoms with Crippen LogP contribution in [0.15, 0.2) is 53.1 Å². The van der Waals surface area contributed by atoms with Crippen LogP contribution in [0.5, 0.6) is 0 Å². The van der Waals surface area contributed by atoms with Crippen molar-refractivity contribution in [3.05, 3.63) is 64.9 Å². The van der Waals surface area contributed by atoms with Crippen molar-refractivity contribution in [2.45, 2.75) is 46.2 Å². The Morgan fingerprint density at radius 1 is 1.08 bits per heavy atom. The van der Waals surface area contributed by atoms with E-state index in [0.29, 0.717) is 27.6 Å². The Morgan fingerprint density at radius 3 is 2.26 bits per heavy atom. The molecule has 0 bridgehead atoms. The number of thiophene rings is 1. The molecule has 3 aromatic rings. The number of ketones is 1. The molecule has 0 spiro atoms. The van der Waals surface area contributed by atoms with Crippen molar-refractivity contribution in [3.8, 4) is 11.1 Å². The fourth-order valence-electron chi connectivity index (χ4n) is 4.15. The largest absolute Gasteiger partial charge is 0.480 e. The quantitative estimate of drug-likeness (QED) is 0.178. The van der Waals surface area contributed by atoms with Gasteiger partial charge in [-0.3, -0.25) is 19.6 Å². The fraction of sp³-hybridized carbons (Fsp3) is 0.370. The topological polar surface area (TPSA) is 155 Å². The zero-order valence-corrected chi connectivity index (χ0v) is 24.0. The molecule has 0 fully saturated rings. The van der Waals surface area contributed by atoms with E-state index in [0.717, 1.165) is 11.3 Å². The lowest BCUT2D eigenvalue weighted by molar-refractivity contribution is -0.144. The van der Waals surface area contributed by atoms with Crippen molar-refractivity contribution in [1.29, 1.82) is 0 Å². The molecule has 210 valence electrons. The molecule has 3 rings (SSSR count). The summed E-state index contributed by atoms with van der Waals surface area (Å²) < 4.78 is 32.4. The zero-order valence-electron chi connectivity index (χ0n) is 22.4. The van der Waals surface area contributed by atoms with E-state index in [2.05, 4.69) is 29.2 Å². The molecule has 1 atom stereocenters. The minimum absolute atomic E-state index is 0.0460. The number of carbonyl (C=O) groups is 3. The summed E-state index contributed by atoms with van der Waals surface area (Å²) in [6, 6.07) is 12.0. The highest BCUT2D eigenvalue weighted by atomic mass is 32.2. The molecule has 0 aliphatic carbocycles. The molecule has 0 aliphatic heterocycles. The number of rotatable bonds is 12. The second-order valence-electron chi connectivity index (χ2n) is 9.82. The molecule has 39 heavy (non-hydrogen) atoms. The predicted octanol–water partition coefficient (Wildman–Crippen LogP) is 4.74. The Kier molecular flexibility index (Phi) is 9.36. The van der Waals surface area contributed by atoms with E-state index in [9.17, 15) is 27.9 Å². The van der Waals surface area contributed by atoms with E-state index in [1.54, 1.807) is 38.1 Å². The van der Waals surface area contributed by atoms with Gasteiger partial charge in [0.05, 0.1) is 6.26 Å². The summed E-state index contributed by atoms with van der Waals surface area (Å²) in [5.41, 5.74) is 0.140. The number of carboxylic acids is 1. The van der Waals surface area contributed by atoms with Crippen molar-refractivity contribution < 1.29 is 32.3 Å². The lowest BCUT2D eigenvalue weighted by Gasteiger charge is -2.32. The predicted molar refractivity (Wildman–Crippen MR) is 150 cm³/mol. The molecule has 4 N–H and O–H groups in total. The van der Waals surface area contributed by atoms with Crippen LogP contribution >= 0.6 is 11.3 Å². The third kappa shape index (κ3) is 6.57. The molecule has 0 aliphatic rings. The number of amides is 1. The lowest BCUT2D eigenvalue weighted by Crippen LogP contribution is -2.61. The van der Waals surface area contributed by atoms with Crippen LogP contribution in [0.2, 0.25) is 0 Å². The van der Waals surface area contributed by atoms with Crippen molar-refractivity contribution in [3.63, 3.8) is 0 Å². The smallest absolute Gasteiger partial charge is 0.356 e. The number of sulfonamides is 1. The molecule has 0 radical (unpaired) electrons. The molecular formula is C27H33N3O7S2. The van der Waals surface area contributed by atoms with Gasteiger partial charge in [0.25, 0.3) is 0 Å². The SMILES string of the molecule is CNC(=O)S(=O)(=O)Nc1sc(CC(C)C)cc1-c1ccc(CNC(C(=O)O)(C(=O)c2ccco2)C(C)C)cc1. The van der Waals surface area contributed by atoms with Gasteiger partial charge in [-0.05, 0) is 47.6 Å². The maximum absolute atomic E-state index is 13.2. The van der Waals surface area contributed by atoms with Crippen LogP contribution in [-0.4, -0.2) is 43.1 Å². The van der Waals surface area contributed by atoms with E-state index in [1.165, 1.54) is 36.8 Å². The van der Waals surface area contributed by atoms with E-state index in [4.69, 9.17) is 4.42 Å². The first-order valence-electron chi connectivity index (χ1n) is 12.3. The van der Waals surface area contributed by atoms with E-state index >= 15 is 0 Å². The molecule has 10 nitrogen and oxygen atoms in total. The molecule has 1 aromatic carbocycles. The summed E-state index contributed by atoms with van der Waals surface area (Å²) in [5, 5.41) is 14.3. The molecule has 0 saturated heterocycles. The maximum Gasteiger partial charge on any atom is 0.356 e. The Morgan fingerprint density at radius 2 is 1.74 bits per heavy atom. The van der Waals surface area contributed by atoms with E-state index in [-0.39, 0.29) is 12.3 Å². The van der Waals surface area contributed by atoms with E-state index in [1.807, 2.05) is 6.07 Å². The Balaban J connectivity index is 1.90. The minimum Gasteiger partial charge on any atom is -0.480 e. The molecule has 2 aromatic heterocycles. The van der Waals surface area contributed by atoms with Crippen molar-refractivity contribution in [1.82, 2.24) is 10.6 Å².